The molecule has 2 heterocycles. The lowest BCUT2D eigenvalue weighted by molar-refractivity contribution is 0.141. The van der Waals surface area contributed by atoms with Crippen molar-refractivity contribution in [2.75, 3.05) is 6.54 Å². The minimum absolute atomic E-state index is 0.258. The van der Waals surface area contributed by atoms with E-state index in [1.807, 2.05) is 54.6 Å². The number of hydrogen-bond acceptors (Lipinski definition) is 4. The van der Waals surface area contributed by atoms with E-state index in [2.05, 4.69) is 15.4 Å². The van der Waals surface area contributed by atoms with Gasteiger partial charge in [0.15, 0.2) is 5.65 Å². The zero-order valence-corrected chi connectivity index (χ0v) is 12.4. The maximum absolute atomic E-state index is 11.6. The van der Waals surface area contributed by atoms with Gasteiger partial charge in [0.2, 0.25) is 0 Å². The second-order valence-corrected chi connectivity index (χ2v) is 4.82. The van der Waals surface area contributed by atoms with Crippen LogP contribution in [-0.2, 0) is 11.3 Å². The molecule has 116 valence electrons. The van der Waals surface area contributed by atoms with Gasteiger partial charge in [-0.3, -0.25) is 0 Å². The number of benzene rings is 1. The number of alkyl carbamates (subject to hydrolysis) is 1. The van der Waals surface area contributed by atoms with Crippen LogP contribution < -0.4 is 5.32 Å². The number of ether oxygens (including phenoxy) is 1. The minimum Gasteiger partial charge on any atom is -0.445 e. The van der Waals surface area contributed by atoms with E-state index in [0.29, 0.717) is 6.54 Å². The van der Waals surface area contributed by atoms with Crippen LogP contribution in [0.2, 0.25) is 0 Å². The monoisotopic (exact) mass is 308 g/mol. The van der Waals surface area contributed by atoms with Crippen LogP contribution in [0, 0.1) is 0 Å². The van der Waals surface area contributed by atoms with Gasteiger partial charge in [-0.25, -0.2) is 14.3 Å². The number of nitrogens with one attached hydrogen (secondary N) is 1. The largest absolute Gasteiger partial charge is 0.445 e. The molecule has 0 radical (unpaired) electrons. The van der Waals surface area contributed by atoms with Crippen LogP contribution >= 0.6 is 0 Å². The summed E-state index contributed by atoms with van der Waals surface area (Å²) in [5.74, 6) is 0. The second kappa shape index (κ2) is 7.22. The molecule has 2 aromatic heterocycles. The van der Waals surface area contributed by atoms with Gasteiger partial charge in [-0.1, -0.05) is 36.4 Å². The van der Waals surface area contributed by atoms with Crippen molar-refractivity contribution in [2.45, 2.75) is 6.61 Å². The highest BCUT2D eigenvalue weighted by molar-refractivity contribution is 5.67. The molecule has 3 rings (SSSR count). The zero-order valence-electron chi connectivity index (χ0n) is 12.4. The first-order valence-electron chi connectivity index (χ1n) is 7.23. The van der Waals surface area contributed by atoms with E-state index < -0.39 is 6.09 Å². The summed E-state index contributed by atoms with van der Waals surface area (Å²) in [7, 11) is 0. The van der Waals surface area contributed by atoms with Crippen LogP contribution in [0.3, 0.4) is 0 Å². The normalized spacial score (nSPS) is 11.0. The number of hydrogen-bond donors (Lipinski definition) is 1. The highest BCUT2D eigenvalue weighted by Crippen LogP contribution is 2.05. The van der Waals surface area contributed by atoms with E-state index in [-0.39, 0.29) is 6.61 Å². The smallest absolute Gasteiger partial charge is 0.407 e. The molecule has 6 heteroatoms. The van der Waals surface area contributed by atoms with Gasteiger partial charge in [0, 0.05) is 12.7 Å². The van der Waals surface area contributed by atoms with E-state index in [9.17, 15) is 4.79 Å². The highest BCUT2D eigenvalue weighted by atomic mass is 16.5. The predicted octanol–water partition coefficient (Wildman–Crippen LogP) is 2.67. The maximum atomic E-state index is 11.6. The van der Waals surface area contributed by atoms with Gasteiger partial charge < -0.3 is 10.1 Å². The first-order valence-corrected chi connectivity index (χ1v) is 7.23. The average Bonchev–Trinajstić information content (AvgIpc) is 3.01. The molecule has 0 atom stereocenters. The fourth-order valence-electron chi connectivity index (χ4n) is 2.06. The molecule has 1 N–H and O–H groups in total. The zero-order chi connectivity index (χ0) is 15.9. The first kappa shape index (κ1) is 14.8. The van der Waals surface area contributed by atoms with Crippen LogP contribution in [0.4, 0.5) is 4.79 Å². The van der Waals surface area contributed by atoms with Crippen LogP contribution in [0.5, 0.6) is 0 Å². The van der Waals surface area contributed by atoms with Gasteiger partial charge in [0.05, 0.1) is 11.9 Å². The third-order valence-electron chi connectivity index (χ3n) is 3.17. The molecule has 6 nitrogen and oxygen atoms in total. The molecule has 23 heavy (non-hydrogen) atoms. The molecule has 0 aliphatic rings. The quantitative estimate of drug-likeness (QED) is 0.787. The maximum Gasteiger partial charge on any atom is 0.407 e. The number of carbonyl (C=O) groups excluding carboxylic acids is 1. The summed E-state index contributed by atoms with van der Waals surface area (Å²) in [6.45, 7) is 0.626. The number of aromatic nitrogens is 3. The standard InChI is InChI=1S/C17H16N4O2/c22-17(23-13-14-6-2-1-3-7-14)18-10-4-8-15-12-19-16-9-5-11-20-21(15)16/h1-9,11-12H,10,13H2,(H,18,22). The highest BCUT2D eigenvalue weighted by Gasteiger charge is 2.01. The number of amides is 1. The fourth-order valence-corrected chi connectivity index (χ4v) is 2.06. The molecular weight excluding hydrogens is 292 g/mol. The molecule has 1 aromatic carbocycles. The van der Waals surface area contributed by atoms with E-state index in [1.165, 1.54) is 0 Å². The molecule has 0 saturated carbocycles. The summed E-state index contributed by atoms with van der Waals surface area (Å²) in [4.78, 5) is 15.8. The summed E-state index contributed by atoms with van der Waals surface area (Å²) in [5.41, 5.74) is 2.58. The number of rotatable bonds is 5. The van der Waals surface area contributed by atoms with Crippen molar-refractivity contribution < 1.29 is 9.53 Å². The van der Waals surface area contributed by atoms with Crippen molar-refractivity contribution in [2.24, 2.45) is 0 Å². The molecule has 0 unspecified atom stereocenters. The van der Waals surface area contributed by atoms with Crippen LogP contribution in [0.25, 0.3) is 11.7 Å². The molecule has 0 saturated heterocycles. The Morgan fingerprint density at radius 1 is 1.22 bits per heavy atom. The SMILES string of the molecule is O=C(NCC=Cc1cnc2cccnn12)OCc1ccccc1. The van der Waals surface area contributed by atoms with Crippen molar-refractivity contribution >= 4 is 17.8 Å². The second-order valence-electron chi connectivity index (χ2n) is 4.82. The van der Waals surface area contributed by atoms with Gasteiger partial charge >= 0.3 is 6.09 Å². The van der Waals surface area contributed by atoms with E-state index >= 15 is 0 Å². The molecule has 3 aromatic rings. The summed E-state index contributed by atoms with van der Waals surface area (Å²) < 4.78 is 6.85. The van der Waals surface area contributed by atoms with Crippen molar-refractivity contribution in [1.82, 2.24) is 19.9 Å². The van der Waals surface area contributed by atoms with Crippen LogP contribution in [0.1, 0.15) is 11.3 Å². The Morgan fingerprint density at radius 3 is 2.96 bits per heavy atom. The summed E-state index contributed by atoms with van der Waals surface area (Å²) in [5, 5.41) is 6.87. The van der Waals surface area contributed by atoms with E-state index in [0.717, 1.165) is 16.9 Å². The minimum atomic E-state index is -0.449. The Balaban J connectivity index is 1.46. The Bertz CT molecular complexity index is 812. The predicted molar refractivity (Wildman–Crippen MR) is 86.7 cm³/mol. The van der Waals surface area contributed by atoms with E-state index in [1.54, 1.807) is 16.9 Å². The summed E-state index contributed by atoms with van der Waals surface area (Å²) >= 11 is 0. The van der Waals surface area contributed by atoms with E-state index in [4.69, 9.17) is 4.74 Å². The molecule has 0 aliphatic carbocycles. The van der Waals surface area contributed by atoms with Crippen LogP contribution in [0.15, 0.2) is 60.9 Å². The first-order chi connectivity index (χ1) is 11.3. The average molecular weight is 308 g/mol. The Kier molecular flexibility index (Phi) is 4.63. The van der Waals surface area contributed by atoms with Crippen molar-refractivity contribution in [1.29, 1.82) is 0 Å². The Hall–Kier alpha value is -3.15. The number of nitrogens with zero attached hydrogens (tertiary/aromatic N) is 3. The van der Waals surface area contributed by atoms with Crippen molar-refractivity contribution in [3.05, 3.63) is 72.2 Å². The molecule has 0 spiro atoms. The number of fused-ring (bicyclic) bond motifs is 1. The molecule has 1 amide bonds. The topological polar surface area (TPSA) is 68.5 Å². The number of imidazole rings is 1. The molecule has 0 fully saturated rings. The number of carbonyl (C=O) groups is 1. The lowest BCUT2D eigenvalue weighted by atomic mass is 10.2. The fraction of sp³-hybridized carbons (Fsp3) is 0.118. The molecule has 0 aliphatic heterocycles. The third-order valence-corrected chi connectivity index (χ3v) is 3.17. The Labute approximate surface area is 133 Å². The van der Waals surface area contributed by atoms with Crippen LogP contribution in [-0.4, -0.2) is 27.2 Å². The van der Waals surface area contributed by atoms with Gasteiger partial charge in [-0.05, 0) is 23.8 Å². The lowest BCUT2D eigenvalue weighted by Gasteiger charge is -2.05. The van der Waals surface area contributed by atoms with Gasteiger partial charge in [-0.15, -0.1) is 0 Å². The summed E-state index contributed by atoms with van der Waals surface area (Å²) in [6, 6.07) is 13.3. The van der Waals surface area contributed by atoms with Gasteiger partial charge in [-0.2, -0.15) is 5.10 Å². The van der Waals surface area contributed by atoms with Gasteiger partial charge in [0.1, 0.15) is 6.61 Å². The lowest BCUT2D eigenvalue weighted by Crippen LogP contribution is -2.24. The third kappa shape index (κ3) is 3.94. The summed E-state index contributed by atoms with van der Waals surface area (Å²) in [6.07, 6.45) is 6.65. The van der Waals surface area contributed by atoms with Crippen molar-refractivity contribution in [3.63, 3.8) is 0 Å². The van der Waals surface area contributed by atoms with Gasteiger partial charge in [0.25, 0.3) is 0 Å². The molecule has 0 bridgehead atoms. The van der Waals surface area contributed by atoms with Crippen molar-refractivity contribution in [3.8, 4) is 0 Å². The Morgan fingerprint density at radius 2 is 2.09 bits per heavy atom. The molecular formula is C17H16N4O2.